The number of hydrogen-bond acceptors (Lipinski definition) is 3. The summed E-state index contributed by atoms with van der Waals surface area (Å²) >= 11 is 3.35. The Bertz CT molecular complexity index is 605. The lowest BCUT2D eigenvalue weighted by Gasteiger charge is -2.11. The molecule has 0 heterocycles. The van der Waals surface area contributed by atoms with E-state index in [0.717, 1.165) is 4.47 Å². The van der Waals surface area contributed by atoms with E-state index in [0.29, 0.717) is 22.8 Å². The topological polar surface area (TPSA) is 42.2 Å². The molecule has 0 radical (unpaired) electrons. The number of nitriles is 1. The first-order valence-corrected chi connectivity index (χ1v) is 6.04. The largest absolute Gasteiger partial charge is 0.493 e. The maximum atomic E-state index is 9.04. The van der Waals surface area contributed by atoms with E-state index in [-0.39, 0.29) is 0 Å². The molecule has 0 N–H and O–H groups in total. The first-order valence-electron chi connectivity index (χ1n) is 5.25. The van der Waals surface area contributed by atoms with Gasteiger partial charge < -0.3 is 9.47 Å². The van der Waals surface area contributed by atoms with Gasteiger partial charge in [-0.15, -0.1) is 0 Å². The van der Waals surface area contributed by atoms with Gasteiger partial charge in [-0.05, 0) is 30.3 Å². The van der Waals surface area contributed by atoms with Crippen molar-refractivity contribution < 1.29 is 9.47 Å². The van der Waals surface area contributed by atoms with Crippen LogP contribution in [0.4, 0.5) is 0 Å². The molecule has 0 saturated heterocycles. The second-order valence-electron chi connectivity index (χ2n) is 3.51. The summed E-state index contributed by atoms with van der Waals surface area (Å²) in [6, 6.07) is 14.7. The molecule has 0 spiro atoms. The van der Waals surface area contributed by atoms with Gasteiger partial charge in [-0.25, -0.2) is 0 Å². The maximum Gasteiger partial charge on any atom is 0.169 e. The Morgan fingerprint density at radius 3 is 2.44 bits per heavy atom. The van der Waals surface area contributed by atoms with Crippen LogP contribution < -0.4 is 9.47 Å². The van der Waals surface area contributed by atoms with Crippen LogP contribution in [-0.4, -0.2) is 7.11 Å². The molecule has 0 aliphatic rings. The van der Waals surface area contributed by atoms with Crippen LogP contribution in [0.5, 0.6) is 17.2 Å². The van der Waals surface area contributed by atoms with E-state index in [9.17, 15) is 0 Å². The first-order chi connectivity index (χ1) is 8.74. The van der Waals surface area contributed by atoms with Crippen molar-refractivity contribution in [3.8, 4) is 23.3 Å². The molecular weight excluding hydrogens is 294 g/mol. The maximum absolute atomic E-state index is 9.04. The average molecular weight is 304 g/mol. The third-order valence-electron chi connectivity index (χ3n) is 2.35. The highest BCUT2D eigenvalue weighted by Crippen LogP contribution is 2.33. The molecule has 18 heavy (non-hydrogen) atoms. The van der Waals surface area contributed by atoms with Crippen LogP contribution in [-0.2, 0) is 0 Å². The number of ether oxygens (including phenoxy) is 2. The van der Waals surface area contributed by atoms with Crippen molar-refractivity contribution in [3.63, 3.8) is 0 Å². The third kappa shape index (κ3) is 2.63. The molecule has 0 saturated carbocycles. The van der Waals surface area contributed by atoms with Crippen LogP contribution in [0.2, 0.25) is 0 Å². The van der Waals surface area contributed by atoms with Gasteiger partial charge in [-0.3, -0.25) is 0 Å². The summed E-state index contributed by atoms with van der Waals surface area (Å²) < 4.78 is 11.8. The molecule has 90 valence electrons. The highest BCUT2D eigenvalue weighted by Gasteiger charge is 2.08. The number of para-hydroxylation sites is 2. The molecule has 0 bridgehead atoms. The Hall–Kier alpha value is -1.99. The molecule has 0 atom stereocenters. The van der Waals surface area contributed by atoms with Crippen LogP contribution in [0.3, 0.4) is 0 Å². The SMILES string of the molecule is COc1ccccc1Oc1cc(Br)ccc1C#N. The van der Waals surface area contributed by atoms with Gasteiger partial charge in [0.25, 0.3) is 0 Å². The zero-order chi connectivity index (χ0) is 13.0. The third-order valence-corrected chi connectivity index (χ3v) is 2.85. The summed E-state index contributed by atoms with van der Waals surface area (Å²) in [6.07, 6.45) is 0. The Morgan fingerprint density at radius 1 is 1.06 bits per heavy atom. The predicted molar refractivity (Wildman–Crippen MR) is 71.9 cm³/mol. The van der Waals surface area contributed by atoms with Crippen molar-refractivity contribution in [2.45, 2.75) is 0 Å². The molecule has 2 aromatic rings. The zero-order valence-corrected chi connectivity index (χ0v) is 11.3. The fourth-order valence-corrected chi connectivity index (χ4v) is 1.83. The lowest BCUT2D eigenvalue weighted by molar-refractivity contribution is 0.378. The van der Waals surface area contributed by atoms with Gasteiger partial charge in [0.05, 0.1) is 12.7 Å². The summed E-state index contributed by atoms with van der Waals surface area (Å²) in [5.41, 5.74) is 0.476. The van der Waals surface area contributed by atoms with Gasteiger partial charge in [0.2, 0.25) is 0 Å². The van der Waals surface area contributed by atoms with Crippen LogP contribution in [0.1, 0.15) is 5.56 Å². The second-order valence-corrected chi connectivity index (χ2v) is 4.42. The smallest absolute Gasteiger partial charge is 0.169 e. The number of halogens is 1. The lowest BCUT2D eigenvalue weighted by atomic mass is 10.2. The van der Waals surface area contributed by atoms with Crippen LogP contribution >= 0.6 is 15.9 Å². The molecule has 0 aliphatic carbocycles. The predicted octanol–water partition coefficient (Wildman–Crippen LogP) is 4.12. The molecule has 2 aromatic carbocycles. The molecule has 3 nitrogen and oxygen atoms in total. The highest BCUT2D eigenvalue weighted by molar-refractivity contribution is 9.10. The monoisotopic (exact) mass is 303 g/mol. The number of methoxy groups -OCH3 is 1. The van der Waals surface area contributed by atoms with Crippen LogP contribution in [0, 0.1) is 11.3 Å². The van der Waals surface area contributed by atoms with Gasteiger partial charge >= 0.3 is 0 Å². The van der Waals surface area contributed by atoms with Crippen molar-refractivity contribution in [1.82, 2.24) is 0 Å². The van der Waals surface area contributed by atoms with Crippen molar-refractivity contribution in [2.24, 2.45) is 0 Å². The zero-order valence-electron chi connectivity index (χ0n) is 9.68. The van der Waals surface area contributed by atoms with E-state index in [1.54, 1.807) is 37.4 Å². The summed E-state index contributed by atoms with van der Waals surface area (Å²) in [7, 11) is 1.58. The molecule has 0 aliphatic heterocycles. The Morgan fingerprint density at radius 2 is 1.78 bits per heavy atom. The summed E-state index contributed by atoms with van der Waals surface area (Å²) in [5, 5.41) is 9.04. The Labute approximate surface area is 114 Å². The quantitative estimate of drug-likeness (QED) is 0.856. The number of hydrogen-bond donors (Lipinski definition) is 0. The normalized spacial score (nSPS) is 9.61. The Kier molecular flexibility index (Phi) is 3.85. The second kappa shape index (κ2) is 5.56. The minimum absolute atomic E-state index is 0.476. The molecule has 0 unspecified atom stereocenters. The minimum atomic E-state index is 0.476. The molecule has 0 fully saturated rings. The van der Waals surface area contributed by atoms with Gasteiger partial charge in [-0.1, -0.05) is 28.1 Å². The molecule has 4 heteroatoms. The van der Waals surface area contributed by atoms with Crippen LogP contribution in [0.25, 0.3) is 0 Å². The van der Waals surface area contributed by atoms with Crippen molar-refractivity contribution >= 4 is 15.9 Å². The average Bonchev–Trinajstić information content (AvgIpc) is 2.40. The summed E-state index contributed by atoms with van der Waals surface area (Å²) in [6.45, 7) is 0. The van der Waals surface area contributed by atoms with Gasteiger partial charge in [-0.2, -0.15) is 5.26 Å². The van der Waals surface area contributed by atoms with Gasteiger partial charge in [0.1, 0.15) is 11.8 Å². The van der Waals surface area contributed by atoms with Crippen molar-refractivity contribution in [1.29, 1.82) is 5.26 Å². The number of nitrogens with zero attached hydrogens (tertiary/aromatic N) is 1. The van der Waals surface area contributed by atoms with E-state index >= 15 is 0 Å². The standard InChI is InChI=1S/C14H10BrNO2/c1-17-12-4-2-3-5-13(12)18-14-8-11(15)7-6-10(14)9-16/h2-8H,1H3. The fourth-order valence-electron chi connectivity index (χ4n) is 1.49. The minimum Gasteiger partial charge on any atom is -0.493 e. The number of benzene rings is 2. The van der Waals surface area contributed by atoms with Crippen molar-refractivity contribution in [3.05, 3.63) is 52.5 Å². The summed E-state index contributed by atoms with van der Waals surface area (Å²) in [4.78, 5) is 0. The molecule has 2 rings (SSSR count). The fraction of sp³-hybridized carbons (Fsp3) is 0.0714. The van der Waals surface area contributed by atoms with E-state index < -0.39 is 0 Å². The molecule has 0 aromatic heterocycles. The Balaban J connectivity index is 2.40. The first kappa shape index (κ1) is 12.5. The molecular formula is C14H10BrNO2. The lowest BCUT2D eigenvalue weighted by Crippen LogP contribution is -1.92. The highest BCUT2D eigenvalue weighted by atomic mass is 79.9. The van der Waals surface area contributed by atoms with Crippen LogP contribution in [0.15, 0.2) is 46.9 Å². The number of rotatable bonds is 3. The van der Waals surface area contributed by atoms with Gasteiger partial charge in [0.15, 0.2) is 11.5 Å². The van der Waals surface area contributed by atoms with Crippen molar-refractivity contribution in [2.75, 3.05) is 7.11 Å². The summed E-state index contributed by atoms with van der Waals surface area (Å²) in [5.74, 6) is 1.70. The van der Waals surface area contributed by atoms with E-state index in [4.69, 9.17) is 14.7 Å². The van der Waals surface area contributed by atoms with E-state index in [1.807, 2.05) is 12.1 Å². The van der Waals surface area contributed by atoms with Gasteiger partial charge in [0, 0.05) is 4.47 Å². The van der Waals surface area contributed by atoms with E-state index in [1.165, 1.54) is 0 Å². The molecule has 0 amide bonds. The van der Waals surface area contributed by atoms with E-state index in [2.05, 4.69) is 22.0 Å².